The Morgan fingerprint density at radius 2 is 1.81 bits per heavy atom. The Bertz CT molecular complexity index is 387. The summed E-state index contributed by atoms with van der Waals surface area (Å²) in [4.78, 5) is 22.1. The number of esters is 1. The molecule has 0 heterocycles. The average molecular weight is 222 g/mol. The summed E-state index contributed by atoms with van der Waals surface area (Å²) in [7, 11) is 2.95. The van der Waals surface area contributed by atoms with Crippen LogP contribution in [0.5, 0.6) is 0 Å². The van der Waals surface area contributed by atoms with Crippen LogP contribution in [0.3, 0.4) is 0 Å². The van der Waals surface area contributed by atoms with Crippen molar-refractivity contribution in [2.24, 2.45) is 0 Å². The fourth-order valence-corrected chi connectivity index (χ4v) is 1.07. The molecule has 0 bridgehead atoms. The molecule has 1 rings (SSSR count). The molecule has 5 nitrogen and oxygen atoms in total. The quantitative estimate of drug-likeness (QED) is 0.618. The summed E-state index contributed by atoms with van der Waals surface area (Å²) < 4.78 is 4.57. The molecule has 86 valence electrons. The number of carbonyl (C=O) groups excluding carboxylic acids is 2. The Morgan fingerprint density at radius 1 is 1.25 bits per heavy atom. The van der Waals surface area contributed by atoms with E-state index in [4.69, 9.17) is 0 Å². The lowest BCUT2D eigenvalue weighted by Crippen LogP contribution is -2.29. The van der Waals surface area contributed by atoms with Crippen molar-refractivity contribution in [3.05, 3.63) is 29.8 Å². The van der Waals surface area contributed by atoms with E-state index in [1.807, 2.05) is 0 Å². The number of nitrogens with one attached hydrogen (secondary N) is 1. The van der Waals surface area contributed by atoms with Crippen molar-refractivity contribution >= 4 is 17.6 Å². The van der Waals surface area contributed by atoms with Crippen LogP contribution >= 0.6 is 0 Å². The topological polar surface area (TPSA) is 58.6 Å². The molecule has 1 N–H and O–H groups in total. The number of rotatable bonds is 3. The lowest BCUT2D eigenvalue weighted by Gasteiger charge is -2.17. The van der Waals surface area contributed by atoms with Crippen molar-refractivity contribution in [1.29, 1.82) is 0 Å². The second kappa shape index (κ2) is 5.16. The Balaban J connectivity index is 2.72. The van der Waals surface area contributed by atoms with Crippen LogP contribution in [-0.4, -0.2) is 31.0 Å². The van der Waals surface area contributed by atoms with Gasteiger partial charge in [0.1, 0.15) is 0 Å². The van der Waals surface area contributed by atoms with Gasteiger partial charge in [-0.05, 0) is 24.3 Å². The highest BCUT2D eigenvalue weighted by atomic mass is 16.5. The van der Waals surface area contributed by atoms with Gasteiger partial charge in [-0.2, -0.15) is 0 Å². The van der Waals surface area contributed by atoms with Crippen molar-refractivity contribution in [2.45, 2.75) is 6.92 Å². The highest BCUT2D eigenvalue weighted by Crippen LogP contribution is 2.10. The highest BCUT2D eigenvalue weighted by molar-refractivity contribution is 5.89. The minimum atomic E-state index is -0.383. The predicted molar refractivity (Wildman–Crippen MR) is 59.8 cm³/mol. The molecule has 0 atom stereocenters. The summed E-state index contributed by atoms with van der Waals surface area (Å²) in [6.45, 7) is 1.45. The fraction of sp³-hybridized carbons (Fsp3) is 0.273. The summed E-state index contributed by atoms with van der Waals surface area (Å²) in [5.74, 6) is -0.483. The summed E-state index contributed by atoms with van der Waals surface area (Å²) >= 11 is 0. The number of ether oxygens (including phenoxy) is 1. The maximum absolute atomic E-state index is 11.1. The largest absolute Gasteiger partial charge is 0.465 e. The third-order valence-electron chi connectivity index (χ3n) is 2.08. The van der Waals surface area contributed by atoms with E-state index in [-0.39, 0.29) is 11.9 Å². The second-order valence-corrected chi connectivity index (χ2v) is 3.26. The standard InChI is InChI=1S/C11H14N2O3/c1-8(14)13(2)12-10-6-4-9(5-7-10)11(15)16-3/h4-7,12H,1-3H3. The second-order valence-electron chi connectivity index (χ2n) is 3.26. The average Bonchev–Trinajstić information content (AvgIpc) is 2.28. The van der Waals surface area contributed by atoms with Crippen LogP contribution < -0.4 is 5.43 Å². The molecule has 0 saturated heterocycles. The van der Waals surface area contributed by atoms with E-state index in [1.54, 1.807) is 31.3 Å². The van der Waals surface area contributed by atoms with Gasteiger partial charge in [-0.1, -0.05) is 0 Å². The summed E-state index contributed by atoms with van der Waals surface area (Å²) in [6, 6.07) is 6.65. The first-order valence-corrected chi connectivity index (χ1v) is 4.74. The fourth-order valence-electron chi connectivity index (χ4n) is 1.07. The number of anilines is 1. The number of amides is 1. The van der Waals surface area contributed by atoms with E-state index in [0.29, 0.717) is 5.56 Å². The molecule has 1 amide bonds. The monoisotopic (exact) mass is 222 g/mol. The van der Waals surface area contributed by atoms with E-state index in [2.05, 4.69) is 10.2 Å². The number of hydrogen-bond donors (Lipinski definition) is 1. The maximum Gasteiger partial charge on any atom is 0.337 e. The van der Waals surface area contributed by atoms with Crippen molar-refractivity contribution in [3.63, 3.8) is 0 Å². The molecule has 1 aromatic rings. The van der Waals surface area contributed by atoms with Gasteiger partial charge < -0.3 is 4.74 Å². The lowest BCUT2D eigenvalue weighted by atomic mass is 10.2. The van der Waals surface area contributed by atoms with Crippen LogP contribution in [0.25, 0.3) is 0 Å². The Labute approximate surface area is 94.0 Å². The summed E-state index contributed by atoms with van der Waals surface area (Å²) in [5, 5.41) is 1.35. The zero-order valence-corrected chi connectivity index (χ0v) is 9.48. The third kappa shape index (κ3) is 2.98. The van der Waals surface area contributed by atoms with Crippen molar-refractivity contribution in [1.82, 2.24) is 5.01 Å². The first kappa shape index (κ1) is 12.0. The molecule has 0 unspecified atom stereocenters. The zero-order chi connectivity index (χ0) is 12.1. The van der Waals surface area contributed by atoms with Crippen molar-refractivity contribution in [2.75, 3.05) is 19.6 Å². The van der Waals surface area contributed by atoms with E-state index >= 15 is 0 Å². The van der Waals surface area contributed by atoms with Gasteiger partial charge in [0.05, 0.1) is 18.4 Å². The minimum absolute atomic E-state index is 0.1000. The number of methoxy groups -OCH3 is 1. The Kier molecular flexibility index (Phi) is 3.88. The Morgan fingerprint density at radius 3 is 2.25 bits per heavy atom. The molecule has 0 aliphatic rings. The molecule has 0 saturated carbocycles. The van der Waals surface area contributed by atoms with Crippen molar-refractivity contribution < 1.29 is 14.3 Å². The van der Waals surface area contributed by atoms with Gasteiger partial charge in [-0.3, -0.25) is 15.2 Å². The smallest absolute Gasteiger partial charge is 0.337 e. The van der Waals surface area contributed by atoms with Gasteiger partial charge >= 0.3 is 5.97 Å². The van der Waals surface area contributed by atoms with Gasteiger partial charge in [-0.25, -0.2) is 4.79 Å². The van der Waals surface area contributed by atoms with Gasteiger partial charge in [0.15, 0.2) is 0 Å². The molecule has 1 aromatic carbocycles. The minimum Gasteiger partial charge on any atom is -0.465 e. The van der Waals surface area contributed by atoms with Gasteiger partial charge in [0, 0.05) is 14.0 Å². The lowest BCUT2D eigenvalue weighted by molar-refractivity contribution is -0.126. The SMILES string of the molecule is COC(=O)c1ccc(NN(C)C(C)=O)cc1. The molecule has 0 aromatic heterocycles. The summed E-state index contributed by atoms with van der Waals surface area (Å²) in [5.41, 5.74) is 4.06. The van der Waals surface area contributed by atoms with E-state index in [0.717, 1.165) is 5.69 Å². The molecule has 0 radical (unpaired) electrons. The predicted octanol–water partition coefficient (Wildman–Crippen LogP) is 1.28. The van der Waals surface area contributed by atoms with Crippen LogP contribution in [0.2, 0.25) is 0 Å². The van der Waals surface area contributed by atoms with Crippen LogP contribution in [0.4, 0.5) is 5.69 Å². The molecular weight excluding hydrogens is 208 g/mol. The van der Waals surface area contributed by atoms with E-state index in [1.165, 1.54) is 19.0 Å². The number of benzene rings is 1. The third-order valence-corrected chi connectivity index (χ3v) is 2.08. The van der Waals surface area contributed by atoms with Crippen LogP contribution in [0, 0.1) is 0 Å². The normalized spacial score (nSPS) is 9.44. The van der Waals surface area contributed by atoms with Crippen molar-refractivity contribution in [3.8, 4) is 0 Å². The maximum atomic E-state index is 11.1. The highest BCUT2D eigenvalue weighted by Gasteiger charge is 2.05. The van der Waals surface area contributed by atoms with E-state index in [9.17, 15) is 9.59 Å². The summed E-state index contributed by atoms with van der Waals surface area (Å²) in [6.07, 6.45) is 0. The van der Waals surface area contributed by atoms with Crippen LogP contribution in [0.15, 0.2) is 24.3 Å². The molecule has 0 aliphatic carbocycles. The Hall–Kier alpha value is -2.04. The molecule has 0 fully saturated rings. The number of hydrogen-bond acceptors (Lipinski definition) is 4. The zero-order valence-electron chi connectivity index (χ0n) is 9.48. The molecular formula is C11H14N2O3. The van der Waals surface area contributed by atoms with Crippen LogP contribution in [0.1, 0.15) is 17.3 Å². The van der Waals surface area contributed by atoms with Gasteiger partial charge in [-0.15, -0.1) is 0 Å². The first-order valence-electron chi connectivity index (χ1n) is 4.74. The molecule has 0 spiro atoms. The number of carbonyl (C=O) groups is 2. The molecule has 0 aliphatic heterocycles. The van der Waals surface area contributed by atoms with Gasteiger partial charge in [0.2, 0.25) is 5.91 Å². The van der Waals surface area contributed by atoms with E-state index < -0.39 is 0 Å². The van der Waals surface area contributed by atoms with Crippen LogP contribution in [-0.2, 0) is 9.53 Å². The van der Waals surface area contributed by atoms with Gasteiger partial charge in [0.25, 0.3) is 0 Å². The number of hydrazine groups is 1. The molecule has 5 heteroatoms. The molecule has 16 heavy (non-hydrogen) atoms. The number of nitrogens with zero attached hydrogens (tertiary/aromatic N) is 1. The first-order chi connectivity index (χ1) is 7.54.